The number of hydrogen-bond donors (Lipinski definition) is 2. The first-order valence-electron chi connectivity index (χ1n) is 3.21. The van der Waals surface area contributed by atoms with E-state index in [1.807, 2.05) is 0 Å². The Morgan fingerprint density at radius 1 is 1.75 bits per heavy atom. The number of hydrogen-bond acceptors (Lipinski definition) is 6. The normalized spacial score (nSPS) is 9.50. The Morgan fingerprint density at radius 2 is 2.42 bits per heavy atom. The second-order valence-electron chi connectivity index (χ2n) is 1.97. The van der Waals surface area contributed by atoms with Crippen molar-refractivity contribution in [2.75, 3.05) is 25.2 Å². The van der Waals surface area contributed by atoms with Crippen molar-refractivity contribution < 1.29 is 9.53 Å². The van der Waals surface area contributed by atoms with Crippen molar-refractivity contribution >= 4 is 28.3 Å². The predicted octanol–water partition coefficient (Wildman–Crippen LogP) is 0.554. The van der Waals surface area contributed by atoms with Gasteiger partial charge in [-0.05, 0) is 0 Å². The first kappa shape index (κ1) is 8.79. The Hall–Kier alpha value is -1.30. The third kappa shape index (κ3) is 1.48. The number of nitrogens with zero attached hydrogens (tertiary/aromatic N) is 1. The fraction of sp³-hybridized carbons (Fsp3) is 0.333. The molecule has 0 radical (unpaired) electrons. The Morgan fingerprint density at radius 3 is 2.83 bits per heavy atom. The van der Waals surface area contributed by atoms with E-state index in [1.165, 1.54) is 18.4 Å². The number of methoxy groups -OCH3 is 1. The number of nitrogen functional groups attached to an aromatic ring is 1. The molecule has 1 aromatic heterocycles. The van der Waals surface area contributed by atoms with Crippen molar-refractivity contribution in [2.24, 2.45) is 0 Å². The van der Waals surface area contributed by atoms with Crippen molar-refractivity contribution in [1.82, 2.24) is 4.98 Å². The topological polar surface area (TPSA) is 77.2 Å². The monoisotopic (exact) mass is 187 g/mol. The van der Waals surface area contributed by atoms with Crippen LogP contribution in [0.2, 0.25) is 0 Å². The molecule has 0 aliphatic rings. The zero-order chi connectivity index (χ0) is 9.14. The molecular formula is C6H9N3O2S. The lowest BCUT2D eigenvalue weighted by atomic mass is 10.5. The highest BCUT2D eigenvalue weighted by Gasteiger charge is 2.15. The molecule has 0 unspecified atom stereocenters. The van der Waals surface area contributed by atoms with E-state index >= 15 is 0 Å². The molecule has 0 saturated heterocycles. The largest absolute Gasteiger partial charge is 0.465 e. The van der Waals surface area contributed by atoms with Crippen molar-refractivity contribution in [2.45, 2.75) is 0 Å². The quantitative estimate of drug-likeness (QED) is 0.661. The number of nitrogens with two attached hydrogens (primary N) is 1. The SMILES string of the molecule is CNc1nc(N)c(C(=O)OC)s1. The van der Waals surface area contributed by atoms with Crippen molar-refractivity contribution in [3.63, 3.8) is 0 Å². The van der Waals surface area contributed by atoms with Crippen LogP contribution in [0.15, 0.2) is 0 Å². The van der Waals surface area contributed by atoms with Crippen LogP contribution in [0.3, 0.4) is 0 Å². The number of carbonyl (C=O) groups excluding carboxylic acids is 1. The fourth-order valence-electron chi connectivity index (χ4n) is 0.678. The van der Waals surface area contributed by atoms with Crippen LogP contribution < -0.4 is 11.1 Å². The molecule has 12 heavy (non-hydrogen) atoms. The summed E-state index contributed by atoms with van der Waals surface area (Å²) in [5.74, 6) is -0.247. The minimum atomic E-state index is -0.452. The van der Waals surface area contributed by atoms with E-state index < -0.39 is 5.97 Å². The molecule has 6 heteroatoms. The van der Waals surface area contributed by atoms with Crippen LogP contribution in [-0.2, 0) is 4.74 Å². The third-order valence-corrected chi connectivity index (χ3v) is 2.31. The van der Waals surface area contributed by atoms with Gasteiger partial charge < -0.3 is 15.8 Å². The van der Waals surface area contributed by atoms with Gasteiger partial charge in [0.25, 0.3) is 0 Å². The maximum absolute atomic E-state index is 11.0. The van der Waals surface area contributed by atoms with E-state index in [0.29, 0.717) is 10.0 Å². The van der Waals surface area contributed by atoms with Crippen LogP contribution >= 0.6 is 11.3 Å². The zero-order valence-electron chi connectivity index (χ0n) is 6.75. The van der Waals surface area contributed by atoms with Crippen LogP contribution in [0.4, 0.5) is 10.9 Å². The van der Waals surface area contributed by atoms with Gasteiger partial charge in [0.05, 0.1) is 7.11 Å². The van der Waals surface area contributed by atoms with Crippen LogP contribution in [0.5, 0.6) is 0 Å². The fourth-order valence-corrected chi connectivity index (χ4v) is 1.43. The van der Waals surface area contributed by atoms with Gasteiger partial charge in [0.1, 0.15) is 0 Å². The summed E-state index contributed by atoms with van der Waals surface area (Å²) in [5, 5.41) is 3.39. The van der Waals surface area contributed by atoms with Gasteiger partial charge in [-0.1, -0.05) is 11.3 Å². The summed E-state index contributed by atoms with van der Waals surface area (Å²) in [5.41, 5.74) is 5.45. The lowest BCUT2D eigenvalue weighted by Crippen LogP contribution is -2.01. The van der Waals surface area contributed by atoms with E-state index in [9.17, 15) is 4.79 Å². The molecule has 3 N–H and O–H groups in total. The summed E-state index contributed by atoms with van der Waals surface area (Å²) in [6.07, 6.45) is 0. The van der Waals surface area contributed by atoms with E-state index in [0.717, 1.165) is 0 Å². The minimum absolute atomic E-state index is 0.205. The summed E-state index contributed by atoms with van der Waals surface area (Å²) in [6.45, 7) is 0. The van der Waals surface area contributed by atoms with Gasteiger partial charge in [0, 0.05) is 7.05 Å². The summed E-state index contributed by atoms with van der Waals surface area (Å²) in [7, 11) is 3.01. The van der Waals surface area contributed by atoms with Gasteiger partial charge in [-0.25, -0.2) is 9.78 Å². The molecule has 1 heterocycles. The lowest BCUT2D eigenvalue weighted by molar-refractivity contribution is 0.0607. The summed E-state index contributed by atoms with van der Waals surface area (Å²) in [4.78, 5) is 15.2. The van der Waals surface area contributed by atoms with Crippen LogP contribution in [0.25, 0.3) is 0 Å². The summed E-state index contributed by atoms with van der Waals surface area (Å²) in [6, 6.07) is 0. The number of esters is 1. The van der Waals surface area contributed by atoms with Gasteiger partial charge in [-0.15, -0.1) is 0 Å². The van der Waals surface area contributed by atoms with Crippen LogP contribution in [0, 0.1) is 0 Å². The van der Waals surface area contributed by atoms with Gasteiger partial charge in [0.15, 0.2) is 15.8 Å². The molecular weight excluding hydrogens is 178 g/mol. The molecule has 0 aliphatic carbocycles. The first-order valence-corrected chi connectivity index (χ1v) is 4.03. The van der Waals surface area contributed by atoms with E-state index in [4.69, 9.17) is 5.73 Å². The number of carbonyl (C=O) groups is 1. The highest BCUT2D eigenvalue weighted by molar-refractivity contribution is 7.17. The number of rotatable bonds is 2. The van der Waals surface area contributed by atoms with Gasteiger partial charge in [-0.3, -0.25) is 0 Å². The van der Waals surface area contributed by atoms with Crippen molar-refractivity contribution in [3.8, 4) is 0 Å². The molecule has 0 aromatic carbocycles. The standard InChI is InChI=1S/C6H9N3O2S/c1-8-6-9-4(7)3(12-6)5(10)11-2/h7H2,1-2H3,(H,8,9). The Labute approximate surface area is 73.6 Å². The molecule has 0 aliphatic heterocycles. The number of thiazole rings is 1. The Balaban J connectivity index is 2.99. The molecule has 0 saturated carbocycles. The van der Waals surface area contributed by atoms with E-state index in [2.05, 4.69) is 15.0 Å². The minimum Gasteiger partial charge on any atom is -0.465 e. The summed E-state index contributed by atoms with van der Waals surface area (Å²) >= 11 is 1.17. The van der Waals surface area contributed by atoms with Gasteiger partial charge in [0.2, 0.25) is 0 Å². The van der Waals surface area contributed by atoms with Gasteiger partial charge in [-0.2, -0.15) is 0 Å². The second kappa shape index (κ2) is 3.40. The lowest BCUT2D eigenvalue weighted by Gasteiger charge is -1.92. The van der Waals surface area contributed by atoms with Gasteiger partial charge >= 0.3 is 5.97 Å². The van der Waals surface area contributed by atoms with Crippen molar-refractivity contribution in [3.05, 3.63) is 4.88 Å². The Kier molecular flexibility index (Phi) is 2.49. The van der Waals surface area contributed by atoms with Crippen LogP contribution in [-0.4, -0.2) is 25.1 Å². The molecule has 5 nitrogen and oxygen atoms in total. The zero-order valence-corrected chi connectivity index (χ0v) is 7.57. The second-order valence-corrected chi connectivity index (χ2v) is 2.97. The molecule has 0 bridgehead atoms. The molecule has 66 valence electrons. The summed E-state index contributed by atoms with van der Waals surface area (Å²) < 4.78 is 4.50. The van der Waals surface area contributed by atoms with Crippen LogP contribution in [0.1, 0.15) is 9.67 Å². The predicted molar refractivity (Wildman–Crippen MR) is 47.4 cm³/mol. The average Bonchev–Trinajstić information content (AvgIpc) is 2.45. The molecule has 1 rings (SSSR count). The highest BCUT2D eigenvalue weighted by atomic mass is 32.1. The number of anilines is 2. The number of aromatic nitrogens is 1. The molecule has 0 atom stereocenters. The third-order valence-electron chi connectivity index (χ3n) is 1.24. The maximum atomic E-state index is 11.0. The molecule has 0 spiro atoms. The Bertz CT molecular complexity index is 297. The van der Waals surface area contributed by atoms with E-state index in [1.54, 1.807) is 7.05 Å². The average molecular weight is 187 g/mol. The van der Waals surface area contributed by atoms with E-state index in [-0.39, 0.29) is 5.82 Å². The van der Waals surface area contributed by atoms with Crippen molar-refractivity contribution in [1.29, 1.82) is 0 Å². The highest BCUT2D eigenvalue weighted by Crippen LogP contribution is 2.24. The maximum Gasteiger partial charge on any atom is 0.351 e. The number of ether oxygens (including phenoxy) is 1. The smallest absolute Gasteiger partial charge is 0.351 e. The molecule has 0 fully saturated rings. The molecule has 1 aromatic rings. The molecule has 0 amide bonds. The number of nitrogens with one attached hydrogen (secondary N) is 1. The first-order chi connectivity index (χ1) is 5.69.